The third-order valence-electron chi connectivity index (χ3n) is 4.48. The molecular weight excluding hydrogens is 380 g/mol. The van der Waals surface area contributed by atoms with Crippen molar-refractivity contribution in [2.45, 2.75) is 0 Å². The maximum atomic E-state index is 13.7. The largest absolute Gasteiger partial charge is 0.337 e. The van der Waals surface area contributed by atoms with Crippen LogP contribution in [-0.4, -0.2) is 57.2 Å². The Kier molecular flexibility index (Phi) is 5.23. The van der Waals surface area contributed by atoms with Gasteiger partial charge in [0.1, 0.15) is 11.6 Å². The lowest BCUT2D eigenvalue weighted by molar-refractivity contribution is 0.0739. The molecule has 3 aromatic rings. The summed E-state index contributed by atoms with van der Waals surface area (Å²) in [5.41, 5.74) is 0.263. The molecule has 1 aromatic carbocycles. The van der Waals surface area contributed by atoms with Crippen LogP contribution in [0.1, 0.15) is 10.5 Å². The quantitative estimate of drug-likeness (QED) is 0.723. The van der Waals surface area contributed by atoms with Crippen LogP contribution in [-0.2, 0) is 0 Å². The van der Waals surface area contributed by atoms with E-state index in [0.29, 0.717) is 32.1 Å². The molecule has 1 aliphatic rings. The first-order valence-electron chi connectivity index (χ1n) is 8.97. The van der Waals surface area contributed by atoms with Crippen LogP contribution < -0.4 is 10.2 Å². The van der Waals surface area contributed by atoms with E-state index in [0.717, 1.165) is 12.1 Å². The Labute approximate surface area is 165 Å². The predicted octanol–water partition coefficient (Wildman–Crippen LogP) is 2.25. The summed E-state index contributed by atoms with van der Waals surface area (Å²) >= 11 is 0. The summed E-state index contributed by atoms with van der Waals surface area (Å²) in [4.78, 5) is 24.8. The number of carbonyl (C=O) groups is 1. The van der Waals surface area contributed by atoms with Gasteiger partial charge in [-0.1, -0.05) is 0 Å². The van der Waals surface area contributed by atoms with Gasteiger partial charge in [-0.15, -0.1) is 10.2 Å². The average Bonchev–Trinajstić information content (AvgIpc) is 2.76. The molecule has 0 spiro atoms. The van der Waals surface area contributed by atoms with E-state index in [1.54, 1.807) is 23.4 Å². The van der Waals surface area contributed by atoms with Gasteiger partial charge < -0.3 is 15.1 Å². The van der Waals surface area contributed by atoms with Gasteiger partial charge >= 0.3 is 0 Å². The minimum atomic E-state index is -0.743. The van der Waals surface area contributed by atoms with Crippen LogP contribution in [0.5, 0.6) is 0 Å². The molecule has 0 bridgehead atoms. The van der Waals surface area contributed by atoms with Crippen LogP contribution in [0, 0.1) is 11.6 Å². The lowest BCUT2D eigenvalue weighted by Gasteiger charge is -2.34. The van der Waals surface area contributed by atoms with E-state index in [2.05, 4.69) is 25.5 Å². The van der Waals surface area contributed by atoms with Crippen molar-refractivity contribution >= 4 is 23.4 Å². The van der Waals surface area contributed by atoms with Gasteiger partial charge in [-0.3, -0.25) is 4.79 Å². The van der Waals surface area contributed by atoms with Gasteiger partial charge in [0.2, 0.25) is 5.95 Å². The Hall–Kier alpha value is -3.69. The Balaban J connectivity index is 1.37. The molecule has 2 aromatic heterocycles. The maximum absolute atomic E-state index is 13.7. The molecule has 8 nitrogen and oxygen atoms in total. The van der Waals surface area contributed by atoms with Crippen LogP contribution in [0.25, 0.3) is 0 Å². The van der Waals surface area contributed by atoms with E-state index in [9.17, 15) is 13.6 Å². The van der Waals surface area contributed by atoms with Gasteiger partial charge in [-0.05, 0) is 30.3 Å². The zero-order valence-corrected chi connectivity index (χ0v) is 15.3. The summed E-state index contributed by atoms with van der Waals surface area (Å²) in [7, 11) is 0. The van der Waals surface area contributed by atoms with Crippen LogP contribution in [0.4, 0.5) is 26.2 Å². The Bertz CT molecular complexity index is 993. The summed E-state index contributed by atoms with van der Waals surface area (Å²) < 4.78 is 26.7. The summed E-state index contributed by atoms with van der Waals surface area (Å²) in [5, 5.41) is 10.6. The van der Waals surface area contributed by atoms with Crippen molar-refractivity contribution in [2.75, 3.05) is 36.4 Å². The highest BCUT2D eigenvalue weighted by atomic mass is 19.1. The first-order chi connectivity index (χ1) is 14.1. The van der Waals surface area contributed by atoms with Crippen molar-refractivity contribution < 1.29 is 13.6 Å². The lowest BCUT2D eigenvalue weighted by atomic mass is 10.2. The minimum absolute atomic E-state index is 0.0685. The standard InChI is InChI=1S/C19H17F2N7O/c20-13-2-3-15(14(21)12-13)24-17-5-4-16(25-26-17)18(29)27-8-10-28(11-9-27)19-22-6-1-7-23-19/h1-7,12H,8-11H2,(H,24,26). The van der Waals surface area contributed by atoms with Crippen molar-refractivity contribution in [3.05, 3.63) is 66.1 Å². The Morgan fingerprint density at radius 3 is 2.38 bits per heavy atom. The summed E-state index contributed by atoms with van der Waals surface area (Å²) in [6.07, 6.45) is 3.37. The van der Waals surface area contributed by atoms with Crippen molar-refractivity contribution in [2.24, 2.45) is 0 Å². The maximum Gasteiger partial charge on any atom is 0.274 e. The number of aromatic nitrogens is 4. The van der Waals surface area contributed by atoms with Gasteiger partial charge in [0.05, 0.1) is 5.69 Å². The summed E-state index contributed by atoms with van der Waals surface area (Å²) in [5.74, 6) is -0.752. The molecule has 1 fully saturated rings. The molecule has 1 N–H and O–H groups in total. The highest BCUT2D eigenvalue weighted by Crippen LogP contribution is 2.19. The van der Waals surface area contributed by atoms with E-state index >= 15 is 0 Å². The molecule has 0 saturated carbocycles. The van der Waals surface area contributed by atoms with E-state index in [1.165, 1.54) is 18.2 Å². The van der Waals surface area contributed by atoms with Gasteiger partial charge in [-0.2, -0.15) is 0 Å². The first-order valence-corrected chi connectivity index (χ1v) is 8.97. The summed E-state index contributed by atoms with van der Waals surface area (Å²) in [6, 6.07) is 7.97. The molecule has 1 amide bonds. The molecule has 10 heteroatoms. The number of nitrogens with zero attached hydrogens (tertiary/aromatic N) is 6. The third-order valence-corrected chi connectivity index (χ3v) is 4.48. The molecule has 148 valence electrons. The number of halogens is 2. The van der Waals surface area contributed by atoms with E-state index in [1.807, 2.05) is 4.90 Å². The van der Waals surface area contributed by atoms with Crippen molar-refractivity contribution in [3.63, 3.8) is 0 Å². The lowest BCUT2D eigenvalue weighted by Crippen LogP contribution is -2.49. The topological polar surface area (TPSA) is 87.1 Å². The SMILES string of the molecule is O=C(c1ccc(Nc2ccc(F)cc2F)nn1)N1CCN(c2ncccn2)CC1. The highest BCUT2D eigenvalue weighted by molar-refractivity contribution is 5.92. The Morgan fingerprint density at radius 2 is 1.72 bits per heavy atom. The monoisotopic (exact) mass is 397 g/mol. The fourth-order valence-electron chi connectivity index (χ4n) is 2.97. The first kappa shape index (κ1) is 18.7. The van der Waals surface area contributed by atoms with E-state index < -0.39 is 11.6 Å². The number of piperazine rings is 1. The predicted molar refractivity (Wildman–Crippen MR) is 102 cm³/mol. The molecule has 3 heterocycles. The van der Waals surface area contributed by atoms with E-state index in [-0.39, 0.29) is 23.1 Å². The fraction of sp³-hybridized carbons (Fsp3) is 0.211. The highest BCUT2D eigenvalue weighted by Gasteiger charge is 2.24. The minimum Gasteiger partial charge on any atom is -0.337 e. The zero-order valence-electron chi connectivity index (χ0n) is 15.3. The molecule has 29 heavy (non-hydrogen) atoms. The number of hydrogen-bond acceptors (Lipinski definition) is 7. The van der Waals surface area contributed by atoms with Gasteiger partial charge in [0.25, 0.3) is 5.91 Å². The number of anilines is 3. The third kappa shape index (κ3) is 4.26. The normalized spacial score (nSPS) is 14.0. The number of nitrogens with one attached hydrogen (secondary N) is 1. The van der Waals surface area contributed by atoms with Crippen LogP contribution in [0.15, 0.2) is 48.8 Å². The van der Waals surface area contributed by atoms with Crippen LogP contribution in [0.3, 0.4) is 0 Å². The van der Waals surface area contributed by atoms with Crippen LogP contribution in [0.2, 0.25) is 0 Å². The second-order valence-corrected chi connectivity index (χ2v) is 6.38. The molecule has 0 radical (unpaired) electrons. The van der Waals surface area contributed by atoms with Crippen LogP contribution >= 0.6 is 0 Å². The zero-order chi connectivity index (χ0) is 20.2. The van der Waals surface area contributed by atoms with Gasteiger partial charge in [0.15, 0.2) is 11.5 Å². The molecule has 1 aliphatic heterocycles. The molecule has 1 saturated heterocycles. The van der Waals surface area contributed by atoms with Crippen molar-refractivity contribution in [1.29, 1.82) is 0 Å². The van der Waals surface area contributed by atoms with Gasteiger partial charge in [-0.25, -0.2) is 18.7 Å². The fourth-order valence-corrected chi connectivity index (χ4v) is 2.97. The number of hydrogen-bond donors (Lipinski definition) is 1. The van der Waals surface area contributed by atoms with Crippen molar-refractivity contribution in [1.82, 2.24) is 25.1 Å². The van der Waals surface area contributed by atoms with Gasteiger partial charge in [0, 0.05) is 44.6 Å². The number of rotatable bonds is 4. The summed E-state index contributed by atoms with van der Waals surface area (Å²) in [6.45, 7) is 2.26. The smallest absolute Gasteiger partial charge is 0.274 e. The number of benzene rings is 1. The van der Waals surface area contributed by atoms with Crippen molar-refractivity contribution in [3.8, 4) is 0 Å². The molecular formula is C19H17F2N7O. The second-order valence-electron chi connectivity index (χ2n) is 6.38. The number of amides is 1. The molecule has 4 rings (SSSR count). The van der Waals surface area contributed by atoms with E-state index in [4.69, 9.17) is 0 Å². The molecule has 0 unspecified atom stereocenters. The average molecular weight is 397 g/mol. The number of carbonyl (C=O) groups excluding carboxylic acids is 1. The molecule has 0 atom stereocenters. The molecule has 0 aliphatic carbocycles. The second kappa shape index (κ2) is 8.13. The Morgan fingerprint density at radius 1 is 0.966 bits per heavy atom.